The molecule has 0 aliphatic heterocycles. The minimum Gasteiger partial charge on any atom is -0.459 e. The van der Waals surface area contributed by atoms with Crippen molar-refractivity contribution in [2.24, 2.45) is 5.92 Å². The lowest BCUT2D eigenvalue weighted by Crippen LogP contribution is -2.44. The summed E-state index contributed by atoms with van der Waals surface area (Å²) in [4.78, 5) is 24.9. The van der Waals surface area contributed by atoms with Crippen LogP contribution in [0.25, 0.3) is 0 Å². The highest BCUT2D eigenvalue weighted by Gasteiger charge is 2.30. The Bertz CT molecular complexity index is 1040. The van der Waals surface area contributed by atoms with E-state index in [0.29, 0.717) is 17.7 Å². The maximum atomic E-state index is 12.9. The molecular formula is C24H32N2O5S. The first-order chi connectivity index (χ1) is 14.8. The van der Waals surface area contributed by atoms with Crippen LogP contribution in [0.4, 0.5) is 5.69 Å². The van der Waals surface area contributed by atoms with Crippen molar-refractivity contribution in [3.8, 4) is 0 Å². The molecule has 0 saturated carbocycles. The lowest BCUT2D eigenvalue weighted by atomic mass is 10.0. The highest BCUT2D eigenvalue weighted by Crippen LogP contribution is 2.18. The Morgan fingerprint density at radius 2 is 1.53 bits per heavy atom. The molecule has 32 heavy (non-hydrogen) atoms. The van der Waals surface area contributed by atoms with Gasteiger partial charge in [-0.2, -0.15) is 4.72 Å². The zero-order valence-electron chi connectivity index (χ0n) is 19.4. The number of hydrogen-bond acceptors (Lipinski definition) is 5. The molecular weight excluding hydrogens is 428 g/mol. The van der Waals surface area contributed by atoms with Crippen molar-refractivity contribution in [2.75, 3.05) is 5.32 Å². The molecule has 1 atom stereocenters. The largest absolute Gasteiger partial charge is 0.459 e. The fourth-order valence-electron chi connectivity index (χ4n) is 2.92. The second-order valence-electron chi connectivity index (χ2n) is 9.18. The first-order valence-corrected chi connectivity index (χ1v) is 12.0. The van der Waals surface area contributed by atoms with Gasteiger partial charge in [-0.1, -0.05) is 31.5 Å². The molecule has 0 spiro atoms. The Labute approximate surface area is 190 Å². The molecule has 0 aromatic heterocycles. The van der Waals surface area contributed by atoms with E-state index in [1.165, 1.54) is 24.3 Å². The summed E-state index contributed by atoms with van der Waals surface area (Å²) in [7, 11) is -3.97. The number of sulfonamides is 1. The number of amides is 1. The van der Waals surface area contributed by atoms with Gasteiger partial charge >= 0.3 is 5.97 Å². The number of carbonyl (C=O) groups excluding carboxylic acids is 2. The second-order valence-corrected chi connectivity index (χ2v) is 10.9. The summed E-state index contributed by atoms with van der Waals surface area (Å²) in [6.45, 7) is 10.9. The molecule has 0 aliphatic rings. The van der Waals surface area contributed by atoms with Crippen LogP contribution in [0.3, 0.4) is 0 Å². The van der Waals surface area contributed by atoms with Crippen molar-refractivity contribution in [3.63, 3.8) is 0 Å². The molecule has 2 rings (SSSR count). The van der Waals surface area contributed by atoms with Gasteiger partial charge in [0.2, 0.25) is 10.0 Å². The fraction of sp³-hybridized carbons (Fsp3) is 0.417. The number of hydrogen-bond donors (Lipinski definition) is 2. The first kappa shape index (κ1) is 25.5. The number of ether oxygens (including phenoxy) is 1. The van der Waals surface area contributed by atoms with Crippen LogP contribution in [-0.4, -0.2) is 31.9 Å². The van der Waals surface area contributed by atoms with Gasteiger partial charge in [-0.25, -0.2) is 8.42 Å². The number of anilines is 1. The van der Waals surface area contributed by atoms with Crippen LogP contribution in [0.15, 0.2) is 53.4 Å². The maximum Gasteiger partial charge on any atom is 0.324 e. The van der Waals surface area contributed by atoms with Gasteiger partial charge in [0.05, 0.1) is 4.90 Å². The van der Waals surface area contributed by atoms with Crippen molar-refractivity contribution in [2.45, 2.75) is 64.5 Å². The quantitative estimate of drug-likeness (QED) is 0.573. The van der Waals surface area contributed by atoms with Crippen LogP contribution < -0.4 is 10.0 Å². The third-order valence-electron chi connectivity index (χ3n) is 4.43. The molecule has 0 bridgehead atoms. The van der Waals surface area contributed by atoms with Crippen molar-refractivity contribution in [1.82, 2.24) is 4.72 Å². The van der Waals surface area contributed by atoms with Crippen LogP contribution in [0.1, 0.15) is 57.0 Å². The van der Waals surface area contributed by atoms with Gasteiger partial charge in [0, 0.05) is 11.3 Å². The molecule has 2 aromatic rings. The molecule has 0 unspecified atom stereocenters. The molecule has 1 amide bonds. The van der Waals surface area contributed by atoms with Crippen LogP contribution >= 0.6 is 0 Å². The topological polar surface area (TPSA) is 102 Å². The van der Waals surface area contributed by atoms with E-state index in [9.17, 15) is 18.0 Å². The number of esters is 1. The van der Waals surface area contributed by atoms with E-state index < -0.39 is 27.6 Å². The average molecular weight is 461 g/mol. The molecule has 0 radical (unpaired) electrons. The van der Waals surface area contributed by atoms with Crippen LogP contribution in [0.5, 0.6) is 0 Å². The Morgan fingerprint density at radius 3 is 2.03 bits per heavy atom. The van der Waals surface area contributed by atoms with Crippen LogP contribution in [0, 0.1) is 12.8 Å². The molecule has 2 N–H and O–H groups in total. The van der Waals surface area contributed by atoms with E-state index in [0.717, 1.165) is 5.56 Å². The lowest BCUT2D eigenvalue weighted by molar-refractivity contribution is -0.157. The lowest BCUT2D eigenvalue weighted by Gasteiger charge is -2.25. The highest BCUT2D eigenvalue weighted by molar-refractivity contribution is 7.89. The molecule has 0 heterocycles. The van der Waals surface area contributed by atoms with Gasteiger partial charge in [-0.15, -0.1) is 0 Å². The summed E-state index contributed by atoms with van der Waals surface area (Å²) >= 11 is 0. The van der Waals surface area contributed by atoms with Gasteiger partial charge in [0.25, 0.3) is 5.91 Å². The van der Waals surface area contributed by atoms with Crippen molar-refractivity contribution >= 4 is 27.6 Å². The van der Waals surface area contributed by atoms with E-state index in [1.54, 1.807) is 32.9 Å². The third-order valence-corrected chi connectivity index (χ3v) is 5.92. The summed E-state index contributed by atoms with van der Waals surface area (Å²) in [5.41, 5.74) is 1.28. The monoisotopic (exact) mass is 460 g/mol. The minimum atomic E-state index is -3.97. The number of aryl methyl sites for hydroxylation is 1. The van der Waals surface area contributed by atoms with Gasteiger partial charge in [-0.05, 0) is 76.4 Å². The van der Waals surface area contributed by atoms with E-state index in [-0.39, 0.29) is 16.7 Å². The van der Waals surface area contributed by atoms with Crippen molar-refractivity contribution < 1.29 is 22.7 Å². The van der Waals surface area contributed by atoms with Crippen molar-refractivity contribution in [1.29, 1.82) is 0 Å². The molecule has 0 aliphatic carbocycles. The SMILES string of the molecule is Cc1ccc(C(=O)Nc2ccc(S(=O)(=O)N[C@@H](CC(C)C)C(=O)OC(C)(C)C)cc2)cc1. The standard InChI is InChI=1S/C24H32N2O5S/c1-16(2)15-21(23(28)31-24(4,5)6)26-32(29,30)20-13-11-19(12-14-20)25-22(27)18-9-7-17(3)8-10-18/h7-14,16,21,26H,15H2,1-6H3,(H,25,27)/t21-/m0/s1. The number of nitrogens with one attached hydrogen (secondary N) is 2. The predicted octanol–water partition coefficient (Wildman–Crippen LogP) is 4.28. The number of carbonyl (C=O) groups is 2. The highest BCUT2D eigenvalue weighted by atomic mass is 32.2. The fourth-order valence-corrected chi connectivity index (χ4v) is 4.12. The molecule has 2 aromatic carbocycles. The van der Waals surface area contributed by atoms with Crippen molar-refractivity contribution in [3.05, 3.63) is 59.7 Å². The average Bonchev–Trinajstić information content (AvgIpc) is 2.66. The minimum absolute atomic E-state index is 0.0110. The van der Waals surface area contributed by atoms with E-state index >= 15 is 0 Å². The number of benzene rings is 2. The zero-order chi connectivity index (χ0) is 24.1. The Hall–Kier alpha value is -2.71. The summed E-state index contributed by atoms with van der Waals surface area (Å²) in [5, 5.41) is 2.74. The first-order valence-electron chi connectivity index (χ1n) is 10.5. The molecule has 7 nitrogen and oxygen atoms in total. The van der Waals surface area contributed by atoms with E-state index in [1.807, 2.05) is 32.9 Å². The van der Waals surface area contributed by atoms with Crippen LogP contribution in [0.2, 0.25) is 0 Å². The summed E-state index contributed by atoms with van der Waals surface area (Å²) in [6, 6.07) is 11.9. The predicted molar refractivity (Wildman–Crippen MR) is 125 cm³/mol. The molecule has 0 fully saturated rings. The number of rotatable bonds is 8. The molecule has 174 valence electrons. The molecule has 0 saturated heterocycles. The van der Waals surface area contributed by atoms with E-state index in [2.05, 4.69) is 10.0 Å². The Morgan fingerprint density at radius 1 is 0.969 bits per heavy atom. The summed E-state index contributed by atoms with van der Waals surface area (Å²) < 4.78 is 33.6. The zero-order valence-corrected chi connectivity index (χ0v) is 20.2. The van der Waals surface area contributed by atoms with E-state index in [4.69, 9.17) is 4.74 Å². The van der Waals surface area contributed by atoms with Gasteiger partial charge in [-0.3, -0.25) is 9.59 Å². The third kappa shape index (κ3) is 7.76. The summed E-state index contributed by atoms with van der Waals surface area (Å²) in [5.74, 6) is -0.827. The van der Waals surface area contributed by atoms with Gasteiger partial charge in [0.1, 0.15) is 11.6 Å². The van der Waals surface area contributed by atoms with Gasteiger partial charge in [0.15, 0.2) is 0 Å². The van der Waals surface area contributed by atoms with Crippen LogP contribution in [-0.2, 0) is 19.6 Å². The molecule has 8 heteroatoms. The maximum absolute atomic E-state index is 12.9. The van der Waals surface area contributed by atoms with Gasteiger partial charge < -0.3 is 10.1 Å². The second kappa shape index (κ2) is 10.3. The smallest absolute Gasteiger partial charge is 0.324 e. The Kier molecular flexibility index (Phi) is 8.20. The Balaban J connectivity index is 2.14. The summed E-state index contributed by atoms with van der Waals surface area (Å²) in [6.07, 6.45) is 0.304. The normalized spacial score (nSPS) is 13.0.